The molecule has 114 valence electrons. The molecule has 2 nitrogen and oxygen atoms in total. The molecule has 23 heavy (non-hydrogen) atoms. The summed E-state index contributed by atoms with van der Waals surface area (Å²) in [6.45, 7) is 4.34. The van der Waals surface area contributed by atoms with Crippen LogP contribution in [0.2, 0.25) is 5.02 Å². The van der Waals surface area contributed by atoms with Crippen LogP contribution in [-0.2, 0) is 0 Å². The number of rotatable bonds is 5. The standard InChI is InChI=1S/C20H15ClO2/c1-14(15-6-9-17(21)10-7-15)13-23-20-11-8-16-4-2-3-5-18(16)19(20)12-22/h2-12H,1,13H2. The average molecular weight is 323 g/mol. The number of hydrogen-bond acceptors (Lipinski definition) is 2. The number of aldehydes is 1. The van der Waals surface area contributed by atoms with Gasteiger partial charge in [-0.1, -0.05) is 60.6 Å². The van der Waals surface area contributed by atoms with E-state index in [1.165, 1.54) is 0 Å². The highest BCUT2D eigenvalue weighted by Gasteiger charge is 2.09. The van der Waals surface area contributed by atoms with Crippen molar-refractivity contribution in [2.24, 2.45) is 0 Å². The third-order valence-electron chi connectivity index (χ3n) is 3.70. The van der Waals surface area contributed by atoms with Gasteiger partial charge in [-0.05, 0) is 40.1 Å². The molecule has 0 aliphatic carbocycles. The first-order valence-corrected chi connectivity index (χ1v) is 7.60. The largest absolute Gasteiger partial charge is 0.488 e. The minimum atomic E-state index is 0.306. The fourth-order valence-electron chi connectivity index (χ4n) is 2.46. The van der Waals surface area contributed by atoms with Crippen molar-refractivity contribution < 1.29 is 9.53 Å². The second-order valence-electron chi connectivity index (χ2n) is 5.22. The lowest BCUT2D eigenvalue weighted by Crippen LogP contribution is -2.02. The minimum absolute atomic E-state index is 0.306. The van der Waals surface area contributed by atoms with Crippen molar-refractivity contribution >= 4 is 34.2 Å². The maximum atomic E-state index is 11.5. The molecule has 3 aromatic carbocycles. The fraction of sp³-hybridized carbons (Fsp3) is 0.0500. The molecule has 3 rings (SSSR count). The van der Waals surface area contributed by atoms with E-state index < -0.39 is 0 Å². The van der Waals surface area contributed by atoms with Crippen molar-refractivity contribution in [3.8, 4) is 5.75 Å². The molecule has 0 aliphatic rings. The molecular weight excluding hydrogens is 308 g/mol. The minimum Gasteiger partial charge on any atom is -0.488 e. The van der Waals surface area contributed by atoms with E-state index in [0.717, 1.165) is 28.2 Å². The molecule has 0 unspecified atom stereocenters. The van der Waals surface area contributed by atoms with Gasteiger partial charge in [-0.25, -0.2) is 0 Å². The Morgan fingerprint density at radius 2 is 1.78 bits per heavy atom. The van der Waals surface area contributed by atoms with Gasteiger partial charge in [-0.2, -0.15) is 0 Å². The summed E-state index contributed by atoms with van der Waals surface area (Å²) >= 11 is 5.88. The molecule has 0 N–H and O–H groups in total. The highest BCUT2D eigenvalue weighted by Crippen LogP contribution is 2.27. The smallest absolute Gasteiger partial charge is 0.154 e. The zero-order valence-electron chi connectivity index (χ0n) is 12.5. The van der Waals surface area contributed by atoms with E-state index in [4.69, 9.17) is 16.3 Å². The Bertz CT molecular complexity index is 866. The van der Waals surface area contributed by atoms with Gasteiger partial charge < -0.3 is 4.74 Å². The van der Waals surface area contributed by atoms with Crippen molar-refractivity contribution in [3.05, 3.63) is 83.4 Å². The second kappa shape index (κ2) is 6.67. The van der Waals surface area contributed by atoms with Crippen LogP contribution < -0.4 is 4.74 Å². The van der Waals surface area contributed by atoms with Crippen LogP contribution in [0.1, 0.15) is 15.9 Å². The number of carbonyl (C=O) groups is 1. The summed E-state index contributed by atoms with van der Waals surface area (Å²) in [4.78, 5) is 11.5. The molecule has 0 aromatic heterocycles. The zero-order chi connectivity index (χ0) is 16.2. The van der Waals surface area contributed by atoms with Crippen molar-refractivity contribution in [1.82, 2.24) is 0 Å². The predicted octanol–water partition coefficient (Wildman–Crippen LogP) is 5.40. The van der Waals surface area contributed by atoms with Gasteiger partial charge in [-0.3, -0.25) is 4.79 Å². The molecule has 0 saturated carbocycles. The van der Waals surface area contributed by atoms with Crippen molar-refractivity contribution in [1.29, 1.82) is 0 Å². The topological polar surface area (TPSA) is 26.3 Å². The molecule has 3 heteroatoms. The van der Waals surface area contributed by atoms with Crippen molar-refractivity contribution in [3.63, 3.8) is 0 Å². The van der Waals surface area contributed by atoms with Crippen LogP contribution in [0, 0.1) is 0 Å². The van der Waals surface area contributed by atoms with Crippen LogP contribution in [0.25, 0.3) is 16.3 Å². The number of halogens is 1. The van der Waals surface area contributed by atoms with Crippen LogP contribution in [0.4, 0.5) is 0 Å². The fourth-order valence-corrected chi connectivity index (χ4v) is 2.58. The Morgan fingerprint density at radius 3 is 2.52 bits per heavy atom. The van der Waals surface area contributed by atoms with Crippen molar-refractivity contribution in [2.45, 2.75) is 0 Å². The lowest BCUT2D eigenvalue weighted by molar-refractivity contribution is 0.112. The highest BCUT2D eigenvalue weighted by atomic mass is 35.5. The van der Waals surface area contributed by atoms with Crippen LogP contribution in [0.15, 0.2) is 67.2 Å². The molecule has 0 heterocycles. The zero-order valence-corrected chi connectivity index (χ0v) is 13.2. The SMILES string of the molecule is C=C(COc1ccc2ccccc2c1C=O)c1ccc(Cl)cc1. The summed E-state index contributed by atoms with van der Waals surface area (Å²) < 4.78 is 5.82. The third-order valence-corrected chi connectivity index (χ3v) is 3.95. The van der Waals surface area contributed by atoms with E-state index in [1.807, 2.05) is 60.7 Å². The first-order valence-electron chi connectivity index (χ1n) is 7.22. The molecule has 0 aliphatic heterocycles. The van der Waals surface area contributed by atoms with Gasteiger partial charge in [-0.15, -0.1) is 0 Å². The number of hydrogen-bond donors (Lipinski definition) is 0. The summed E-state index contributed by atoms with van der Waals surface area (Å²) in [7, 11) is 0. The first kappa shape index (κ1) is 15.3. The second-order valence-corrected chi connectivity index (χ2v) is 5.65. The quantitative estimate of drug-likeness (QED) is 0.588. The van der Waals surface area contributed by atoms with Gasteiger partial charge in [0.1, 0.15) is 12.4 Å². The normalized spacial score (nSPS) is 10.5. The molecule has 0 saturated heterocycles. The molecule has 0 radical (unpaired) electrons. The Hall–Kier alpha value is -2.58. The molecule has 3 aromatic rings. The maximum Gasteiger partial charge on any atom is 0.154 e. The third kappa shape index (κ3) is 3.27. The lowest BCUT2D eigenvalue weighted by atomic mass is 10.0. The molecule has 0 atom stereocenters. The van der Waals surface area contributed by atoms with E-state index >= 15 is 0 Å². The lowest BCUT2D eigenvalue weighted by Gasteiger charge is -2.12. The highest BCUT2D eigenvalue weighted by molar-refractivity contribution is 6.30. The van der Waals surface area contributed by atoms with Crippen LogP contribution in [-0.4, -0.2) is 12.9 Å². The summed E-state index contributed by atoms with van der Waals surface area (Å²) in [6, 6.07) is 18.9. The van der Waals surface area contributed by atoms with E-state index in [-0.39, 0.29) is 0 Å². The Labute approximate surface area is 140 Å². The summed E-state index contributed by atoms with van der Waals surface area (Å²) in [5.74, 6) is 0.564. The molecule has 0 fully saturated rings. The summed E-state index contributed by atoms with van der Waals surface area (Å²) in [6.07, 6.45) is 0.836. The van der Waals surface area contributed by atoms with Crippen LogP contribution >= 0.6 is 11.6 Å². The summed E-state index contributed by atoms with van der Waals surface area (Å²) in [5, 5.41) is 2.58. The van der Waals surface area contributed by atoms with Gasteiger partial charge >= 0.3 is 0 Å². The average Bonchev–Trinajstić information content (AvgIpc) is 2.59. The van der Waals surface area contributed by atoms with E-state index in [1.54, 1.807) is 0 Å². The van der Waals surface area contributed by atoms with Gasteiger partial charge in [0.15, 0.2) is 6.29 Å². The van der Waals surface area contributed by atoms with Gasteiger partial charge in [0, 0.05) is 5.02 Å². The Morgan fingerprint density at radius 1 is 1.04 bits per heavy atom. The van der Waals surface area contributed by atoms with Crippen molar-refractivity contribution in [2.75, 3.05) is 6.61 Å². The number of benzene rings is 3. The van der Waals surface area contributed by atoms with Crippen LogP contribution in [0.5, 0.6) is 5.75 Å². The van der Waals surface area contributed by atoms with Gasteiger partial charge in [0.25, 0.3) is 0 Å². The van der Waals surface area contributed by atoms with E-state index in [2.05, 4.69) is 6.58 Å². The Kier molecular flexibility index (Phi) is 4.45. The van der Waals surface area contributed by atoms with E-state index in [9.17, 15) is 4.79 Å². The van der Waals surface area contributed by atoms with E-state index in [0.29, 0.717) is 22.9 Å². The Balaban J connectivity index is 1.83. The summed E-state index contributed by atoms with van der Waals surface area (Å²) in [5.41, 5.74) is 2.35. The predicted molar refractivity (Wildman–Crippen MR) is 95.3 cm³/mol. The molecular formula is C20H15ClO2. The monoisotopic (exact) mass is 322 g/mol. The van der Waals surface area contributed by atoms with Gasteiger partial charge in [0.05, 0.1) is 5.56 Å². The van der Waals surface area contributed by atoms with Crippen LogP contribution in [0.3, 0.4) is 0 Å². The number of carbonyl (C=O) groups excluding carboxylic acids is 1. The van der Waals surface area contributed by atoms with Gasteiger partial charge in [0.2, 0.25) is 0 Å². The first-order chi connectivity index (χ1) is 11.2. The molecule has 0 spiro atoms. The molecule has 0 amide bonds. The number of ether oxygens (including phenoxy) is 1. The number of fused-ring (bicyclic) bond motifs is 1. The maximum absolute atomic E-state index is 11.5. The molecule has 0 bridgehead atoms.